The Kier molecular flexibility index (Phi) is 2.97. The number of ether oxygens (including phenoxy) is 2. The Labute approximate surface area is 116 Å². The number of carbonyl (C=O) groups is 1. The summed E-state index contributed by atoms with van der Waals surface area (Å²) < 4.78 is 16.4. The topological polar surface area (TPSA) is 61.6 Å². The molecule has 0 fully saturated rings. The zero-order chi connectivity index (χ0) is 14.2. The molecule has 5 nitrogen and oxygen atoms in total. The van der Waals surface area contributed by atoms with Gasteiger partial charge in [-0.1, -0.05) is 5.16 Å². The summed E-state index contributed by atoms with van der Waals surface area (Å²) in [5.41, 5.74) is 0.129. The van der Waals surface area contributed by atoms with Crippen molar-refractivity contribution in [1.29, 1.82) is 0 Å². The number of fused-ring (bicyclic) bond motifs is 1. The smallest absolute Gasteiger partial charge is 0.174 e. The first-order valence-corrected chi connectivity index (χ1v) is 6.42. The lowest BCUT2D eigenvalue weighted by atomic mass is 9.93. The molecular formula is C15H15NO4. The van der Waals surface area contributed by atoms with E-state index >= 15 is 0 Å². The highest BCUT2D eigenvalue weighted by Gasteiger charge is 2.32. The summed E-state index contributed by atoms with van der Waals surface area (Å²) >= 11 is 0. The molecule has 0 amide bonds. The molecular weight excluding hydrogens is 258 g/mol. The molecule has 1 aromatic carbocycles. The van der Waals surface area contributed by atoms with E-state index in [1.54, 1.807) is 30.5 Å². The van der Waals surface area contributed by atoms with Gasteiger partial charge in [-0.15, -0.1) is 0 Å². The van der Waals surface area contributed by atoms with E-state index < -0.39 is 5.60 Å². The quantitative estimate of drug-likeness (QED) is 0.860. The molecule has 0 unspecified atom stereocenters. The largest absolute Gasteiger partial charge is 0.486 e. The van der Waals surface area contributed by atoms with Gasteiger partial charge in [0, 0.05) is 12.1 Å². The molecule has 1 aliphatic heterocycles. The predicted molar refractivity (Wildman–Crippen MR) is 70.9 cm³/mol. The van der Waals surface area contributed by atoms with E-state index in [-0.39, 0.29) is 12.4 Å². The molecule has 1 aliphatic rings. The number of aromatic nitrogens is 1. The van der Waals surface area contributed by atoms with Gasteiger partial charge < -0.3 is 14.0 Å². The van der Waals surface area contributed by atoms with E-state index in [0.717, 1.165) is 0 Å². The van der Waals surface area contributed by atoms with Crippen LogP contribution < -0.4 is 9.47 Å². The van der Waals surface area contributed by atoms with Gasteiger partial charge in [-0.2, -0.15) is 0 Å². The van der Waals surface area contributed by atoms with Gasteiger partial charge in [0.1, 0.15) is 23.7 Å². The van der Waals surface area contributed by atoms with Crippen molar-refractivity contribution in [3.63, 3.8) is 0 Å². The fourth-order valence-electron chi connectivity index (χ4n) is 2.19. The summed E-state index contributed by atoms with van der Waals surface area (Å²) in [6.45, 7) is 4.09. The van der Waals surface area contributed by atoms with Crippen LogP contribution in [0.25, 0.3) is 0 Å². The monoisotopic (exact) mass is 273 g/mol. The van der Waals surface area contributed by atoms with Crippen LogP contribution >= 0.6 is 0 Å². The van der Waals surface area contributed by atoms with Crippen LogP contribution in [0.4, 0.5) is 0 Å². The van der Waals surface area contributed by atoms with Crippen molar-refractivity contribution in [3.05, 3.63) is 41.8 Å². The van der Waals surface area contributed by atoms with E-state index in [1.807, 2.05) is 13.8 Å². The number of Topliss-reactive ketones (excluding diaryl/α,β-unsaturated/α-hetero) is 1. The SMILES string of the molecule is CC1(C)CC(=O)c2ccc(OCc3ccno3)cc2O1. The number of hydrogen-bond donors (Lipinski definition) is 0. The Morgan fingerprint density at radius 1 is 1.35 bits per heavy atom. The van der Waals surface area contributed by atoms with Crippen LogP contribution in [0.1, 0.15) is 36.4 Å². The second-order valence-corrected chi connectivity index (χ2v) is 5.39. The maximum atomic E-state index is 12.0. The molecule has 104 valence electrons. The summed E-state index contributed by atoms with van der Waals surface area (Å²) in [6.07, 6.45) is 1.95. The average molecular weight is 273 g/mol. The van der Waals surface area contributed by atoms with Crippen molar-refractivity contribution < 1.29 is 18.8 Å². The predicted octanol–water partition coefficient (Wildman–Crippen LogP) is 3.00. The zero-order valence-corrected chi connectivity index (χ0v) is 11.4. The number of hydrogen-bond acceptors (Lipinski definition) is 5. The first kappa shape index (κ1) is 12.7. The molecule has 0 radical (unpaired) electrons. The molecule has 0 bridgehead atoms. The fourth-order valence-corrected chi connectivity index (χ4v) is 2.19. The summed E-state index contributed by atoms with van der Waals surface area (Å²) in [5.74, 6) is 1.94. The molecule has 20 heavy (non-hydrogen) atoms. The number of rotatable bonds is 3. The summed E-state index contributed by atoms with van der Waals surface area (Å²) in [5, 5.41) is 3.61. The van der Waals surface area contributed by atoms with Gasteiger partial charge >= 0.3 is 0 Å². The van der Waals surface area contributed by atoms with E-state index in [1.165, 1.54) is 0 Å². The summed E-state index contributed by atoms with van der Waals surface area (Å²) in [6, 6.07) is 6.98. The third kappa shape index (κ3) is 2.52. The minimum Gasteiger partial charge on any atom is -0.486 e. The number of carbonyl (C=O) groups excluding carboxylic acids is 1. The molecule has 0 N–H and O–H groups in total. The second kappa shape index (κ2) is 4.67. The molecule has 0 saturated heterocycles. The van der Waals surface area contributed by atoms with Crippen molar-refractivity contribution in [2.45, 2.75) is 32.5 Å². The highest BCUT2D eigenvalue weighted by molar-refractivity contribution is 6.00. The van der Waals surface area contributed by atoms with E-state index in [2.05, 4.69) is 5.16 Å². The number of benzene rings is 1. The molecule has 1 aromatic heterocycles. The fraction of sp³-hybridized carbons (Fsp3) is 0.333. The normalized spacial score (nSPS) is 16.4. The van der Waals surface area contributed by atoms with Crippen LogP contribution in [-0.4, -0.2) is 16.5 Å². The van der Waals surface area contributed by atoms with E-state index in [9.17, 15) is 4.79 Å². The maximum absolute atomic E-state index is 12.0. The Morgan fingerprint density at radius 2 is 2.20 bits per heavy atom. The van der Waals surface area contributed by atoms with Gasteiger partial charge in [0.2, 0.25) is 0 Å². The molecule has 0 aliphatic carbocycles. The standard InChI is InChI=1S/C15H15NO4/c1-15(2)8-13(17)12-4-3-10(7-14(12)19-15)18-9-11-5-6-16-20-11/h3-7H,8-9H2,1-2H3. The van der Waals surface area contributed by atoms with Crippen LogP contribution in [0.5, 0.6) is 11.5 Å². The van der Waals surface area contributed by atoms with Gasteiger partial charge in [-0.3, -0.25) is 4.79 Å². The molecule has 5 heteroatoms. The second-order valence-electron chi connectivity index (χ2n) is 5.39. The van der Waals surface area contributed by atoms with Crippen molar-refractivity contribution in [1.82, 2.24) is 5.16 Å². The Bertz CT molecular complexity index is 631. The lowest BCUT2D eigenvalue weighted by Gasteiger charge is -2.31. The Morgan fingerprint density at radius 3 is 2.95 bits per heavy atom. The molecule has 0 saturated carbocycles. The van der Waals surface area contributed by atoms with Crippen LogP contribution in [0.15, 0.2) is 35.0 Å². The Balaban J connectivity index is 1.80. The zero-order valence-electron chi connectivity index (χ0n) is 11.4. The Hall–Kier alpha value is -2.30. The third-order valence-electron chi connectivity index (χ3n) is 3.10. The third-order valence-corrected chi connectivity index (χ3v) is 3.10. The molecule has 0 atom stereocenters. The lowest BCUT2D eigenvalue weighted by Crippen LogP contribution is -2.35. The summed E-state index contributed by atoms with van der Waals surface area (Å²) in [4.78, 5) is 12.0. The maximum Gasteiger partial charge on any atom is 0.174 e. The molecule has 2 heterocycles. The highest BCUT2D eigenvalue weighted by Crippen LogP contribution is 2.35. The number of nitrogens with zero attached hydrogens (tertiary/aromatic N) is 1. The van der Waals surface area contributed by atoms with Gasteiger partial charge in [0.05, 0.1) is 18.2 Å². The van der Waals surface area contributed by atoms with E-state index in [0.29, 0.717) is 29.2 Å². The van der Waals surface area contributed by atoms with Gasteiger partial charge in [-0.05, 0) is 26.0 Å². The van der Waals surface area contributed by atoms with Crippen LogP contribution in [0.3, 0.4) is 0 Å². The van der Waals surface area contributed by atoms with Gasteiger partial charge in [0.25, 0.3) is 0 Å². The van der Waals surface area contributed by atoms with Crippen molar-refractivity contribution in [2.75, 3.05) is 0 Å². The van der Waals surface area contributed by atoms with Crippen LogP contribution in [0.2, 0.25) is 0 Å². The molecule has 0 spiro atoms. The lowest BCUT2D eigenvalue weighted by molar-refractivity contribution is 0.0618. The van der Waals surface area contributed by atoms with E-state index in [4.69, 9.17) is 14.0 Å². The van der Waals surface area contributed by atoms with Crippen LogP contribution in [-0.2, 0) is 6.61 Å². The molecule has 2 aromatic rings. The first-order chi connectivity index (χ1) is 9.53. The van der Waals surface area contributed by atoms with Gasteiger partial charge in [-0.25, -0.2) is 0 Å². The van der Waals surface area contributed by atoms with Crippen molar-refractivity contribution in [3.8, 4) is 11.5 Å². The number of ketones is 1. The van der Waals surface area contributed by atoms with Crippen LogP contribution in [0, 0.1) is 0 Å². The van der Waals surface area contributed by atoms with Gasteiger partial charge in [0.15, 0.2) is 11.5 Å². The molecule has 3 rings (SSSR count). The first-order valence-electron chi connectivity index (χ1n) is 6.42. The summed E-state index contributed by atoms with van der Waals surface area (Å²) in [7, 11) is 0. The van der Waals surface area contributed by atoms with Crippen molar-refractivity contribution >= 4 is 5.78 Å². The average Bonchev–Trinajstić information content (AvgIpc) is 2.87. The minimum absolute atomic E-state index is 0.0954. The van der Waals surface area contributed by atoms with Crippen molar-refractivity contribution in [2.24, 2.45) is 0 Å². The highest BCUT2D eigenvalue weighted by atomic mass is 16.5. The minimum atomic E-state index is -0.479.